The van der Waals surface area contributed by atoms with E-state index in [9.17, 15) is 9.59 Å². The van der Waals surface area contributed by atoms with Crippen LogP contribution >= 0.6 is 0 Å². The number of rotatable bonds is 6. The number of anilines is 1. The normalized spacial score (nSPS) is 11.0. The van der Waals surface area contributed by atoms with Crippen LogP contribution in [0.2, 0.25) is 0 Å². The highest BCUT2D eigenvalue weighted by Crippen LogP contribution is 2.33. The summed E-state index contributed by atoms with van der Waals surface area (Å²) in [7, 11) is 3.08. The number of nitrogens with zero attached hydrogens (tertiary/aromatic N) is 2. The second kappa shape index (κ2) is 10.9. The Bertz CT molecular complexity index is 1630. The third-order valence-electron chi connectivity index (χ3n) is 6.37. The predicted molar refractivity (Wildman–Crippen MR) is 150 cm³/mol. The predicted octanol–water partition coefficient (Wildman–Crippen LogP) is 5.33. The molecule has 8 heteroatoms. The van der Waals surface area contributed by atoms with Crippen LogP contribution in [0, 0.1) is 24.7 Å². The Morgan fingerprint density at radius 1 is 1.03 bits per heavy atom. The first-order valence-corrected chi connectivity index (χ1v) is 12.2. The number of nitrogens with two attached hydrogens (primary N) is 1. The Labute approximate surface area is 226 Å². The average molecular weight is 525 g/mol. The second-order valence-electron chi connectivity index (χ2n) is 9.51. The minimum absolute atomic E-state index is 0.0213. The van der Waals surface area contributed by atoms with Crippen molar-refractivity contribution in [2.24, 2.45) is 12.8 Å². The number of methoxy groups -OCH3 is 1. The molecule has 7 nitrogen and oxygen atoms in total. The maximum Gasteiger partial charge on any atom is 0.257 e. The van der Waals surface area contributed by atoms with Crippen LogP contribution in [0.4, 0.5) is 10.1 Å². The van der Waals surface area contributed by atoms with Gasteiger partial charge in [-0.3, -0.25) is 9.59 Å². The van der Waals surface area contributed by atoms with Crippen LogP contribution in [-0.2, 0) is 11.8 Å². The molecule has 1 aromatic heterocycles. The lowest BCUT2D eigenvalue weighted by molar-refractivity contribution is 0.0741. The van der Waals surface area contributed by atoms with Gasteiger partial charge < -0.3 is 15.8 Å². The molecule has 0 atom stereocenters. The molecule has 0 fully saturated rings. The largest absolute Gasteiger partial charge is 0.366 e. The lowest BCUT2D eigenvalue weighted by Gasteiger charge is -2.16. The summed E-state index contributed by atoms with van der Waals surface area (Å²) in [5.41, 5.74) is 8.67. The molecule has 39 heavy (non-hydrogen) atoms. The summed E-state index contributed by atoms with van der Waals surface area (Å²) in [4.78, 5) is 26.0. The van der Waals surface area contributed by atoms with E-state index in [1.165, 1.54) is 13.1 Å². The fourth-order valence-electron chi connectivity index (χ4n) is 4.18. The van der Waals surface area contributed by atoms with Crippen molar-refractivity contribution in [3.05, 3.63) is 95.1 Å². The number of aryl methyl sites for hydroxylation is 2. The zero-order valence-electron chi connectivity index (χ0n) is 22.4. The molecule has 0 spiro atoms. The molecule has 4 rings (SSSR count). The third-order valence-corrected chi connectivity index (χ3v) is 6.37. The summed E-state index contributed by atoms with van der Waals surface area (Å²) in [6, 6.07) is 19.4. The second-order valence-corrected chi connectivity index (χ2v) is 9.51. The Morgan fingerprint density at radius 3 is 2.31 bits per heavy atom. The third kappa shape index (κ3) is 5.74. The van der Waals surface area contributed by atoms with E-state index in [4.69, 9.17) is 10.5 Å². The molecule has 0 radical (unpaired) electrons. The lowest BCUT2D eigenvalue weighted by Crippen LogP contribution is -2.22. The fraction of sp³-hybridized carbons (Fsp3) is 0.194. The number of aromatic nitrogens is 2. The number of hydrogen-bond donors (Lipinski definition) is 2. The molecule has 1 heterocycles. The Hall–Kier alpha value is -4.74. The Morgan fingerprint density at radius 2 is 1.69 bits per heavy atom. The Balaban J connectivity index is 1.73. The SMILES string of the molecule is COC(C)(C)C#Cc1ccc(-c2ccccc2NC(=O)c2c(C(N)=O)cccc2-c2c(C)nn(C)c2F)cc1. The van der Waals surface area contributed by atoms with Gasteiger partial charge in [-0.05, 0) is 50.6 Å². The van der Waals surface area contributed by atoms with Crippen LogP contribution in [0.5, 0.6) is 0 Å². The summed E-state index contributed by atoms with van der Waals surface area (Å²) < 4.78 is 21.4. The highest BCUT2D eigenvalue weighted by molar-refractivity contribution is 6.16. The molecule has 0 aliphatic heterocycles. The van der Waals surface area contributed by atoms with Gasteiger partial charge in [0.15, 0.2) is 0 Å². The highest BCUT2D eigenvalue weighted by atomic mass is 19.1. The van der Waals surface area contributed by atoms with Gasteiger partial charge in [-0.15, -0.1) is 0 Å². The number of ether oxygens (including phenoxy) is 1. The van der Waals surface area contributed by atoms with Crippen LogP contribution in [-0.4, -0.2) is 34.3 Å². The summed E-state index contributed by atoms with van der Waals surface area (Å²) in [6.45, 7) is 5.41. The van der Waals surface area contributed by atoms with Crippen molar-refractivity contribution in [2.75, 3.05) is 12.4 Å². The maximum absolute atomic E-state index is 15.0. The van der Waals surface area contributed by atoms with Gasteiger partial charge in [0.1, 0.15) is 5.60 Å². The van der Waals surface area contributed by atoms with E-state index in [0.717, 1.165) is 21.4 Å². The van der Waals surface area contributed by atoms with Gasteiger partial charge in [0.25, 0.3) is 5.91 Å². The van der Waals surface area contributed by atoms with Gasteiger partial charge in [-0.25, -0.2) is 4.68 Å². The standard InChI is InChI=1S/C31H29FN4O3/c1-19-26(28(32)36(4)35-19)23-10-8-11-24(29(33)37)27(23)30(38)34-25-12-7-6-9-22(25)21-15-13-20(14-16-21)17-18-31(2,3)39-5/h6-16H,1-5H3,(H2,33,37)(H,34,38). The van der Waals surface area contributed by atoms with Gasteiger partial charge >= 0.3 is 0 Å². The first-order chi connectivity index (χ1) is 18.5. The number of carbonyl (C=O) groups is 2. The molecule has 3 N–H and O–H groups in total. The molecule has 0 saturated carbocycles. The quantitative estimate of drug-likeness (QED) is 0.333. The van der Waals surface area contributed by atoms with Gasteiger partial charge in [-0.1, -0.05) is 54.3 Å². The van der Waals surface area contributed by atoms with Gasteiger partial charge in [0.05, 0.1) is 22.4 Å². The molecule has 198 valence electrons. The number of benzene rings is 3. The number of hydrogen-bond acceptors (Lipinski definition) is 4. The van der Waals surface area contributed by atoms with Crippen LogP contribution < -0.4 is 11.1 Å². The molecular formula is C31H29FN4O3. The zero-order chi connectivity index (χ0) is 28.3. The number of nitrogens with one attached hydrogen (secondary N) is 1. The van der Waals surface area contributed by atoms with E-state index in [2.05, 4.69) is 22.3 Å². The van der Waals surface area contributed by atoms with Crippen molar-refractivity contribution in [2.45, 2.75) is 26.4 Å². The van der Waals surface area contributed by atoms with Crippen LogP contribution in [0.3, 0.4) is 0 Å². The summed E-state index contributed by atoms with van der Waals surface area (Å²) in [5.74, 6) is 4.17. The lowest BCUT2D eigenvalue weighted by atomic mass is 9.94. The maximum atomic E-state index is 15.0. The summed E-state index contributed by atoms with van der Waals surface area (Å²) in [6.07, 6.45) is 0. The number of amides is 2. The molecule has 0 aliphatic rings. The molecule has 0 bridgehead atoms. The molecule has 0 unspecified atom stereocenters. The molecule has 0 aliphatic carbocycles. The molecule has 0 saturated heterocycles. The molecule has 3 aromatic carbocycles. The smallest absolute Gasteiger partial charge is 0.257 e. The summed E-state index contributed by atoms with van der Waals surface area (Å²) >= 11 is 0. The van der Waals surface area contributed by atoms with E-state index in [0.29, 0.717) is 11.4 Å². The van der Waals surface area contributed by atoms with Crippen molar-refractivity contribution in [3.8, 4) is 34.1 Å². The van der Waals surface area contributed by atoms with Crippen molar-refractivity contribution in [1.82, 2.24) is 9.78 Å². The molecule has 4 aromatic rings. The van der Waals surface area contributed by atoms with Crippen molar-refractivity contribution < 1.29 is 18.7 Å². The number of halogens is 1. The van der Waals surface area contributed by atoms with Crippen molar-refractivity contribution in [1.29, 1.82) is 0 Å². The average Bonchev–Trinajstić information content (AvgIpc) is 3.18. The fourth-order valence-corrected chi connectivity index (χ4v) is 4.18. The molecular weight excluding hydrogens is 495 g/mol. The van der Waals surface area contributed by atoms with E-state index < -0.39 is 23.4 Å². The van der Waals surface area contributed by atoms with E-state index in [1.54, 1.807) is 38.3 Å². The monoisotopic (exact) mass is 524 g/mol. The van der Waals surface area contributed by atoms with E-state index >= 15 is 4.39 Å². The van der Waals surface area contributed by atoms with Crippen LogP contribution in [0.25, 0.3) is 22.3 Å². The topological polar surface area (TPSA) is 99.2 Å². The molecule has 2 amide bonds. The number of carbonyl (C=O) groups excluding carboxylic acids is 2. The zero-order valence-corrected chi connectivity index (χ0v) is 22.4. The van der Waals surface area contributed by atoms with E-state index in [1.807, 2.05) is 50.2 Å². The first-order valence-electron chi connectivity index (χ1n) is 12.2. The van der Waals surface area contributed by atoms with Crippen LogP contribution in [0.15, 0.2) is 66.7 Å². The summed E-state index contributed by atoms with van der Waals surface area (Å²) in [5, 5.41) is 7.02. The first kappa shape index (κ1) is 27.3. The van der Waals surface area contributed by atoms with Crippen molar-refractivity contribution in [3.63, 3.8) is 0 Å². The Kier molecular flexibility index (Phi) is 7.65. The van der Waals surface area contributed by atoms with Gasteiger partial charge in [0, 0.05) is 36.5 Å². The van der Waals surface area contributed by atoms with Gasteiger partial charge in [0.2, 0.25) is 11.9 Å². The van der Waals surface area contributed by atoms with Crippen molar-refractivity contribution >= 4 is 17.5 Å². The van der Waals surface area contributed by atoms with Crippen LogP contribution in [0.1, 0.15) is 45.8 Å². The van der Waals surface area contributed by atoms with E-state index in [-0.39, 0.29) is 22.3 Å². The number of primary amides is 1. The minimum atomic E-state index is -0.800. The number of para-hydroxylation sites is 1. The van der Waals surface area contributed by atoms with Gasteiger partial charge in [-0.2, -0.15) is 9.49 Å². The minimum Gasteiger partial charge on any atom is -0.366 e. The highest BCUT2D eigenvalue weighted by Gasteiger charge is 2.26.